The minimum Gasteiger partial charge on any atom is -0.309 e. The maximum absolute atomic E-state index is 12.3. The van der Waals surface area contributed by atoms with Gasteiger partial charge in [0.15, 0.2) is 16.3 Å². The summed E-state index contributed by atoms with van der Waals surface area (Å²) in [5.41, 5.74) is 0.0847. The van der Waals surface area contributed by atoms with Gasteiger partial charge in [-0.3, -0.25) is 13.9 Å². The number of nitrogens with zero attached hydrogens (tertiary/aromatic N) is 4. The minimum atomic E-state index is -0.383. The molecule has 0 radical (unpaired) electrons. The topological polar surface area (TPSA) is 61.8 Å². The van der Waals surface area contributed by atoms with Crippen LogP contribution in [-0.2, 0) is 20.6 Å². The van der Waals surface area contributed by atoms with Gasteiger partial charge >= 0.3 is 5.69 Å². The highest BCUT2D eigenvalue weighted by molar-refractivity contribution is 7.99. The van der Waals surface area contributed by atoms with Gasteiger partial charge in [0.05, 0.1) is 0 Å². The highest BCUT2D eigenvalue weighted by Gasteiger charge is 2.18. The van der Waals surface area contributed by atoms with Crippen LogP contribution in [0.1, 0.15) is 0 Å². The van der Waals surface area contributed by atoms with Gasteiger partial charge in [0.2, 0.25) is 0 Å². The first-order valence-electron chi connectivity index (χ1n) is 6.03. The summed E-state index contributed by atoms with van der Waals surface area (Å²) in [7, 11) is 3.07. The second-order valence-electron chi connectivity index (χ2n) is 4.27. The molecule has 0 aliphatic carbocycles. The number of fused-ring (bicyclic) bond motifs is 1. The number of imidazole rings is 1. The molecular formula is C13H16N4O2S. The van der Waals surface area contributed by atoms with Gasteiger partial charge in [-0.05, 0) is 0 Å². The van der Waals surface area contributed by atoms with Gasteiger partial charge < -0.3 is 4.57 Å². The summed E-state index contributed by atoms with van der Waals surface area (Å²) >= 11 is 1.46. The van der Waals surface area contributed by atoms with Crippen molar-refractivity contribution in [1.82, 2.24) is 18.7 Å². The van der Waals surface area contributed by atoms with Crippen LogP contribution < -0.4 is 11.2 Å². The Bertz CT molecular complexity index is 797. The van der Waals surface area contributed by atoms with Crippen LogP contribution >= 0.6 is 11.8 Å². The summed E-state index contributed by atoms with van der Waals surface area (Å²) in [6.45, 7) is 7.83. The lowest BCUT2D eigenvalue weighted by Crippen LogP contribution is -2.37. The quantitative estimate of drug-likeness (QED) is 0.607. The molecule has 0 amide bonds. The average molecular weight is 292 g/mol. The van der Waals surface area contributed by atoms with Crippen LogP contribution in [0.15, 0.2) is 40.1 Å². The van der Waals surface area contributed by atoms with Crippen molar-refractivity contribution in [2.75, 3.05) is 5.75 Å². The SMILES string of the molecule is C=CCSc1nc2c(c(=O)n(C)c(=O)n2C)n1CC=C. The van der Waals surface area contributed by atoms with E-state index < -0.39 is 0 Å². The van der Waals surface area contributed by atoms with Gasteiger partial charge in [-0.15, -0.1) is 13.2 Å². The predicted octanol–water partition coefficient (Wildman–Crippen LogP) is 0.898. The number of aryl methyl sites for hydroxylation is 1. The van der Waals surface area contributed by atoms with Crippen LogP contribution in [0.3, 0.4) is 0 Å². The van der Waals surface area contributed by atoms with Gasteiger partial charge in [-0.25, -0.2) is 9.78 Å². The maximum Gasteiger partial charge on any atom is 0.332 e. The van der Waals surface area contributed by atoms with Crippen LogP contribution in [0.5, 0.6) is 0 Å². The third-order valence-electron chi connectivity index (χ3n) is 2.95. The molecule has 0 unspecified atom stereocenters. The molecule has 2 aromatic heterocycles. The summed E-state index contributed by atoms with van der Waals surface area (Å²) in [5.74, 6) is 0.675. The first kappa shape index (κ1) is 14.4. The molecule has 0 spiro atoms. The molecule has 2 aromatic rings. The monoisotopic (exact) mass is 292 g/mol. The Hall–Kier alpha value is -2.02. The standard InChI is InChI=1S/C13H16N4O2S/c1-5-7-17-9-10(14-12(17)20-8-6-2)15(3)13(19)16(4)11(9)18/h5-6H,1-2,7-8H2,3-4H3. The van der Waals surface area contributed by atoms with Crippen molar-refractivity contribution >= 4 is 22.9 Å². The zero-order valence-electron chi connectivity index (χ0n) is 11.5. The van der Waals surface area contributed by atoms with E-state index in [4.69, 9.17) is 0 Å². The molecule has 0 atom stereocenters. The third-order valence-corrected chi connectivity index (χ3v) is 3.93. The van der Waals surface area contributed by atoms with Crippen molar-refractivity contribution in [2.24, 2.45) is 14.1 Å². The first-order valence-corrected chi connectivity index (χ1v) is 7.02. The normalized spacial score (nSPS) is 10.9. The molecule has 2 rings (SSSR count). The van der Waals surface area contributed by atoms with Crippen molar-refractivity contribution in [2.45, 2.75) is 11.7 Å². The highest BCUT2D eigenvalue weighted by Crippen LogP contribution is 2.21. The highest BCUT2D eigenvalue weighted by atomic mass is 32.2. The van der Waals surface area contributed by atoms with E-state index in [9.17, 15) is 9.59 Å². The molecule has 7 heteroatoms. The minimum absolute atomic E-state index is 0.345. The molecule has 2 heterocycles. The molecule has 6 nitrogen and oxygen atoms in total. The van der Waals surface area contributed by atoms with Crippen LogP contribution in [0.2, 0.25) is 0 Å². The number of hydrogen-bond donors (Lipinski definition) is 0. The van der Waals surface area contributed by atoms with E-state index in [0.29, 0.717) is 28.6 Å². The fourth-order valence-electron chi connectivity index (χ4n) is 1.97. The van der Waals surface area contributed by atoms with Crippen molar-refractivity contribution in [3.8, 4) is 0 Å². The number of rotatable bonds is 5. The lowest BCUT2D eigenvalue weighted by Gasteiger charge is -2.06. The van der Waals surface area contributed by atoms with Crippen molar-refractivity contribution < 1.29 is 0 Å². The zero-order valence-corrected chi connectivity index (χ0v) is 12.3. The molecular weight excluding hydrogens is 276 g/mol. The van der Waals surface area contributed by atoms with E-state index in [0.717, 1.165) is 4.57 Å². The van der Waals surface area contributed by atoms with Gasteiger partial charge in [0, 0.05) is 26.4 Å². The molecule has 0 saturated carbocycles. The van der Waals surface area contributed by atoms with Gasteiger partial charge in [0.1, 0.15) is 0 Å². The molecule has 0 saturated heterocycles. The van der Waals surface area contributed by atoms with E-state index in [-0.39, 0.29) is 11.2 Å². The Balaban J connectivity index is 2.87. The van der Waals surface area contributed by atoms with Crippen molar-refractivity contribution in [3.05, 3.63) is 46.1 Å². The predicted molar refractivity (Wildman–Crippen MR) is 81.3 cm³/mol. The first-order chi connectivity index (χ1) is 9.52. The Morgan fingerprint density at radius 2 is 1.90 bits per heavy atom. The van der Waals surface area contributed by atoms with Crippen molar-refractivity contribution in [3.63, 3.8) is 0 Å². The summed E-state index contributed by atoms with van der Waals surface area (Å²) < 4.78 is 4.25. The Morgan fingerprint density at radius 3 is 2.50 bits per heavy atom. The summed E-state index contributed by atoms with van der Waals surface area (Å²) in [6, 6.07) is 0. The fourth-order valence-corrected chi connectivity index (χ4v) is 2.71. The summed E-state index contributed by atoms with van der Waals surface area (Å²) in [6.07, 6.45) is 3.46. The third kappa shape index (κ3) is 2.14. The Kier molecular flexibility index (Phi) is 3.99. The molecule has 0 aliphatic rings. The maximum atomic E-state index is 12.3. The molecule has 106 valence electrons. The van der Waals surface area contributed by atoms with Crippen LogP contribution in [0.25, 0.3) is 11.2 Å². The number of aromatic nitrogens is 4. The van der Waals surface area contributed by atoms with Crippen LogP contribution in [0, 0.1) is 0 Å². The van der Waals surface area contributed by atoms with Crippen molar-refractivity contribution in [1.29, 1.82) is 0 Å². The number of thioether (sulfide) groups is 1. The van der Waals surface area contributed by atoms with Gasteiger partial charge in [-0.2, -0.15) is 0 Å². The van der Waals surface area contributed by atoms with Crippen LogP contribution in [-0.4, -0.2) is 24.4 Å². The smallest absolute Gasteiger partial charge is 0.309 e. The molecule has 0 aliphatic heterocycles. The van der Waals surface area contributed by atoms with Gasteiger partial charge in [0.25, 0.3) is 5.56 Å². The molecule has 20 heavy (non-hydrogen) atoms. The fraction of sp³-hybridized carbons (Fsp3) is 0.308. The summed E-state index contributed by atoms with van der Waals surface area (Å²) in [4.78, 5) is 28.6. The van der Waals surface area contributed by atoms with Crippen LogP contribution in [0.4, 0.5) is 0 Å². The lowest BCUT2D eigenvalue weighted by atomic mass is 10.5. The zero-order chi connectivity index (χ0) is 14.9. The number of hydrogen-bond acceptors (Lipinski definition) is 4. The molecule has 0 aromatic carbocycles. The Morgan fingerprint density at radius 1 is 1.20 bits per heavy atom. The largest absolute Gasteiger partial charge is 0.332 e. The lowest BCUT2D eigenvalue weighted by molar-refractivity contribution is 0.700. The Labute approximate surface area is 120 Å². The summed E-state index contributed by atoms with van der Waals surface area (Å²) in [5, 5.41) is 0.679. The average Bonchev–Trinajstić information content (AvgIpc) is 2.80. The second kappa shape index (κ2) is 5.54. The molecule has 0 bridgehead atoms. The van der Waals surface area contributed by atoms with E-state index >= 15 is 0 Å². The van der Waals surface area contributed by atoms with E-state index in [1.165, 1.54) is 23.4 Å². The van der Waals surface area contributed by atoms with E-state index in [2.05, 4.69) is 18.1 Å². The van der Waals surface area contributed by atoms with E-state index in [1.54, 1.807) is 23.8 Å². The molecule has 0 fully saturated rings. The molecule has 0 N–H and O–H groups in total. The van der Waals surface area contributed by atoms with E-state index in [1.807, 2.05) is 0 Å². The second-order valence-corrected chi connectivity index (χ2v) is 5.26. The van der Waals surface area contributed by atoms with Gasteiger partial charge in [-0.1, -0.05) is 23.9 Å². The number of allylic oxidation sites excluding steroid dienone is 1.